The minimum Gasteiger partial charge on any atom is -0.336 e. The minimum absolute atomic E-state index is 0.115. The Hall–Kier alpha value is -1.31. The van der Waals surface area contributed by atoms with Crippen molar-refractivity contribution in [2.45, 2.75) is 12.5 Å². The molecule has 1 N–H and O–H groups in total. The van der Waals surface area contributed by atoms with E-state index < -0.39 is 0 Å². The van der Waals surface area contributed by atoms with Crippen LogP contribution in [-0.2, 0) is 10.3 Å². The summed E-state index contributed by atoms with van der Waals surface area (Å²) in [5, 5.41) is 2.79. The number of carbonyl (C=O) groups is 1. The fourth-order valence-corrected chi connectivity index (χ4v) is 1.17. The number of amides is 1. The summed E-state index contributed by atoms with van der Waals surface area (Å²) in [5.74, 6) is 0.115. The van der Waals surface area contributed by atoms with Crippen LogP contribution in [0.25, 0.3) is 0 Å². The van der Waals surface area contributed by atoms with E-state index in [0.29, 0.717) is 0 Å². The van der Waals surface area contributed by atoms with Gasteiger partial charge in [0.05, 0.1) is 0 Å². The molecular weight excluding hydrogens is 138 g/mol. The molecule has 1 unspecified atom stereocenters. The van der Waals surface area contributed by atoms with Crippen LogP contribution in [0.15, 0.2) is 30.3 Å². The Morgan fingerprint density at radius 1 is 1.27 bits per heavy atom. The molecule has 1 aromatic carbocycles. The Morgan fingerprint density at radius 2 is 1.82 bits per heavy atom. The first kappa shape index (κ1) is 6.40. The van der Waals surface area contributed by atoms with Crippen molar-refractivity contribution in [2.24, 2.45) is 0 Å². The fraction of sp³-hybridized carbons (Fsp3) is 0.222. The van der Waals surface area contributed by atoms with Gasteiger partial charge in [-0.2, -0.15) is 0 Å². The van der Waals surface area contributed by atoms with E-state index in [1.807, 2.05) is 37.3 Å². The molecule has 1 amide bonds. The lowest BCUT2D eigenvalue weighted by Gasteiger charge is -2.01. The number of carbonyl (C=O) groups excluding carboxylic acids is 1. The molecule has 2 heteroatoms. The van der Waals surface area contributed by atoms with Crippen LogP contribution in [-0.4, -0.2) is 5.91 Å². The molecule has 2 nitrogen and oxygen atoms in total. The highest BCUT2D eigenvalue weighted by molar-refractivity contribution is 6.02. The largest absolute Gasteiger partial charge is 0.336 e. The standard InChI is InChI=1S/C9H9NO/c1-9(8(11)10-9)7-5-3-2-4-6-7/h2-6H,1H3,(H,10,11). The number of benzene rings is 1. The van der Waals surface area contributed by atoms with Gasteiger partial charge in [-0.3, -0.25) is 4.79 Å². The molecule has 0 aromatic heterocycles. The van der Waals surface area contributed by atoms with Crippen molar-refractivity contribution in [3.05, 3.63) is 35.9 Å². The molecule has 2 rings (SSSR count). The van der Waals surface area contributed by atoms with Crippen LogP contribution in [0, 0.1) is 0 Å². The molecule has 1 aliphatic heterocycles. The van der Waals surface area contributed by atoms with Gasteiger partial charge in [-0.25, -0.2) is 0 Å². The number of nitrogens with one attached hydrogen (secondary N) is 1. The third kappa shape index (κ3) is 0.827. The first-order valence-electron chi connectivity index (χ1n) is 3.61. The average Bonchev–Trinajstić information content (AvgIpc) is 2.64. The normalized spacial score (nSPS) is 27.9. The second-order valence-corrected chi connectivity index (χ2v) is 2.95. The predicted octanol–water partition coefficient (Wildman–Crippen LogP) is 1.03. The number of hydrogen-bond acceptors (Lipinski definition) is 1. The van der Waals surface area contributed by atoms with Crippen LogP contribution >= 0.6 is 0 Å². The zero-order chi connectivity index (χ0) is 7.90. The molecule has 1 aromatic rings. The third-order valence-corrected chi connectivity index (χ3v) is 2.11. The molecule has 0 aliphatic carbocycles. The highest BCUT2D eigenvalue weighted by Gasteiger charge is 2.49. The van der Waals surface area contributed by atoms with Gasteiger partial charge in [0.15, 0.2) is 0 Å². The highest BCUT2D eigenvalue weighted by Crippen LogP contribution is 2.30. The van der Waals surface area contributed by atoms with Crippen molar-refractivity contribution in [3.63, 3.8) is 0 Å². The Bertz CT molecular complexity index is 294. The van der Waals surface area contributed by atoms with Gasteiger partial charge < -0.3 is 5.32 Å². The summed E-state index contributed by atoms with van der Waals surface area (Å²) in [7, 11) is 0. The van der Waals surface area contributed by atoms with Crippen LogP contribution in [0.3, 0.4) is 0 Å². The van der Waals surface area contributed by atoms with Crippen LogP contribution in [0.4, 0.5) is 0 Å². The van der Waals surface area contributed by atoms with Gasteiger partial charge in [0, 0.05) is 0 Å². The first-order chi connectivity index (χ1) is 5.23. The zero-order valence-corrected chi connectivity index (χ0v) is 6.29. The second kappa shape index (κ2) is 1.84. The van der Waals surface area contributed by atoms with Crippen LogP contribution in [0.2, 0.25) is 0 Å². The number of rotatable bonds is 1. The zero-order valence-electron chi connectivity index (χ0n) is 6.29. The smallest absolute Gasteiger partial charge is 0.251 e. The highest BCUT2D eigenvalue weighted by atomic mass is 16.2. The Morgan fingerprint density at radius 3 is 2.27 bits per heavy atom. The second-order valence-electron chi connectivity index (χ2n) is 2.95. The van der Waals surface area contributed by atoms with E-state index >= 15 is 0 Å². The summed E-state index contributed by atoms with van der Waals surface area (Å²) in [6.45, 7) is 1.89. The van der Waals surface area contributed by atoms with Gasteiger partial charge in [-0.1, -0.05) is 30.3 Å². The van der Waals surface area contributed by atoms with E-state index in [9.17, 15) is 4.79 Å². The summed E-state index contributed by atoms with van der Waals surface area (Å²) >= 11 is 0. The molecule has 0 spiro atoms. The van der Waals surface area contributed by atoms with Gasteiger partial charge in [0.1, 0.15) is 5.54 Å². The van der Waals surface area contributed by atoms with E-state index in [0.717, 1.165) is 5.56 Å². The molecule has 0 radical (unpaired) electrons. The van der Waals surface area contributed by atoms with Crippen LogP contribution < -0.4 is 5.32 Å². The molecule has 1 aliphatic rings. The van der Waals surface area contributed by atoms with E-state index in [2.05, 4.69) is 5.32 Å². The lowest BCUT2D eigenvalue weighted by atomic mass is 10.0. The fourth-order valence-electron chi connectivity index (χ4n) is 1.17. The molecule has 1 fully saturated rings. The topological polar surface area (TPSA) is 39.0 Å². The summed E-state index contributed by atoms with van der Waals surface area (Å²) in [6.07, 6.45) is 0. The number of hydrogen-bond donors (Lipinski definition) is 1. The monoisotopic (exact) mass is 147 g/mol. The summed E-state index contributed by atoms with van der Waals surface area (Å²) in [4.78, 5) is 10.9. The third-order valence-electron chi connectivity index (χ3n) is 2.11. The summed E-state index contributed by atoms with van der Waals surface area (Å²) in [5.41, 5.74) is 0.659. The molecule has 0 saturated carbocycles. The molecule has 1 atom stereocenters. The van der Waals surface area contributed by atoms with Crippen molar-refractivity contribution in [1.29, 1.82) is 0 Å². The predicted molar refractivity (Wildman–Crippen MR) is 41.9 cm³/mol. The van der Waals surface area contributed by atoms with Crippen molar-refractivity contribution < 1.29 is 4.79 Å². The quantitative estimate of drug-likeness (QED) is 0.592. The molecule has 0 bridgehead atoms. The maximum Gasteiger partial charge on any atom is 0.251 e. The van der Waals surface area contributed by atoms with Crippen molar-refractivity contribution in [3.8, 4) is 0 Å². The summed E-state index contributed by atoms with van der Waals surface area (Å²) < 4.78 is 0. The lowest BCUT2D eigenvalue weighted by molar-refractivity contribution is -0.112. The Balaban J connectivity index is 2.39. The van der Waals surface area contributed by atoms with E-state index in [-0.39, 0.29) is 11.4 Å². The average molecular weight is 147 g/mol. The Kier molecular flexibility index (Phi) is 1.07. The van der Waals surface area contributed by atoms with Crippen molar-refractivity contribution in [1.82, 2.24) is 5.32 Å². The SMILES string of the molecule is CC1(c2ccccc2)NC1=O. The first-order valence-corrected chi connectivity index (χ1v) is 3.61. The summed E-state index contributed by atoms with van der Waals surface area (Å²) in [6, 6.07) is 9.73. The molecule has 1 saturated heterocycles. The van der Waals surface area contributed by atoms with Crippen molar-refractivity contribution in [2.75, 3.05) is 0 Å². The minimum atomic E-state index is -0.388. The molecule has 1 heterocycles. The van der Waals surface area contributed by atoms with Gasteiger partial charge in [0.25, 0.3) is 5.91 Å². The van der Waals surface area contributed by atoms with Crippen molar-refractivity contribution >= 4 is 5.91 Å². The Labute approximate surface area is 65.2 Å². The maximum absolute atomic E-state index is 10.9. The van der Waals surface area contributed by atoms with Gasteiger partial charge in [-0.15, -0.1) is 0 Å². The van der Waals surface area contributed by atoms with E-state index in [4.69, 9.17) is 0 Å². The molecule has 11 heavy (non-hydrogen) atoms. The van der Waals surface area contributed by atoms with Gasteiger partial charge >= 0.3 is 0 Å². The van der Waals surface area contributed by atoms with Gasteiger partial charge in [0.2, 0.25) is 0 Å². The van der Waals surface area contributed by atoms with Gasteiger partial charge in [-0.05, 0) is 12.5 Å². The van der Waals surface area contributed by atoms with E-state index in [1.54, 1.807) is 0 Å². The van der Waals surface area contributed by atoms with Crippen LogP contribution in [0.1, 0.15) is 12.5 Å². The van der Waals surface area contributed by atoms with Crippen LogP contribution in [0.5, 0.6) is 0 Å². The lowest BCUT2D eigenvalue weighted by Crippen LogP contribution is -2.06. The maximum atomic E-state index is 10.9. The molecule has 56 valence electrons. The van der Waals surface area contributed by atoms with E-state index in [1.165, 1.54) is 0 Å². The molecular formula is C9H9NO.